The minimum Gasteiger partial charge on any atom is -0.374 e. The summed E-state index contributed by atoms with van der Waals surface area (Å²) in [4.78, 5) is 10.1. The van der Waals surface area contributed by atoms with Gasteiger partial charge in [-0.25, -0.2) is 0 Å². The van der Waals surface area contributed by atoms with Gasteiger partial charge in [0.25, 0.3) is 0 Å². The van der Waals surface area contributed by atoms with Gasteiger partial charge in [0.05, 0.1) is 31.0 Å². The fourth-order valence-electron chi connectivity index (χ4n) is 5.60. The van der Waals surface area contributed by atoms with E-state index in [9.17, 15) is 0 Å². The standard InChI is InChI=1S/C21H38N4O2.HI/c1-6-22-20(24-11-16-17(12-24)19-8-7-18(16)27-19)23-13-21(4,5)25-9-14(2)26-15(3)10-25;/h14-19H,6-13H2,1-5H3,(H,22,23);1H. The van der Waals surface area contributed by atoms with Crippen molar-refractivity contribution in [3.63, 3.8) is 0 Å². The summed E-state index contributed by atoms with van der Waals surface area (Å²) in [6, 6.07) is 0. The summed E-state index contributed by atoms with van der Waals surface area (Å²) in [7, 11) is 0. The van der Waals surface area contributed by atoms with Gasteiger partial charge in [0.2, 0.25) is 0 Å². The normalized spacial score (nSPS) is 38.5. The van der Waals surface area contributed by atoms with Gasteiger partial charge >= 0.3 is 0 Å². The van der Waals surface area contributed by atoms with Crippen LogP contribution in [0.15, 0.2) is 4.99 Å². The summed E-state index contributed by atoms with van der Waals surface area (Å²) in [5.74, 6) is 2.51. The number of rotatable bonds is 4. The first-order chi connectivity index (χ1) is 12.9. The molecule has 4 saturated heterocycles. The van der Waals surface area contributed by atoms with Crippen molar-refractivity contribution in [1.29, 1.82) is 0 Å². The second kappa shape index (κ2) is 8.94. The molecule has 4 aliphatic rings. The number of nitrogens with one attached hydrogen (secondary N) is 1. The highest BCUT2D eigenvalue weighted by atomic mass is 127. The molecule has 0 aromatic carbocycles. The van der Waals surface area contributed by atoms with Crippen molar-refractivity contribution in [1.82, 2.24) is 15.1 Å². The number of morpholine rings is 1. The van der Waals surface area contributed by atoms with Crippen molar-refractivity contribution in [3.05, 3.63) is 0 Å². The number of ether oxygens (including phenoxy) is 2. The largest absolute Gasteiger partial charge is 0.374 e. The Morgan fingerprint density at radius 2 is 1.57 bits per heavy atom. The van der Waals surface area contributed by atoms with E-state index in [2.05, 4.69) is 49.7 Å². The van der Waals surface area contributed by atoms with Crippen LogP contribution in [-0.2, 0) is 9.47 Å². The van der Waals surface area contributed by atoms with E-state index < -0.39 is 0 Å². The van der Waals surface area contributed by atoms with Crippen LogP contribution < -0.4 is 5.32 Å². The lowest BCUT2D eigenvalue weighted by molar-refractivity contribution is -0.0939. The molecule has 6 nitrogen and oxygen atoms in total. The van der Waals surface area contributed by atoms with Gasteiger partial charge in [-0.15, -0.1) is 24.0 Å². The highest BCUT2D eigenvalue weighted by Gasteiger charge is 2.53. The second-order valence-electron chi connectivity index (χ2n) is 9.67. The Hall–Kier alpha value is -0.120. The van der Waals surface area contributed by atoms with E-state index in [0.717, 1.165) is 45.2 Å². The zero-order valence-corrected chi connectivity index (χ0v) is 20.5. The second-order valence-corrected chi connectivity index (χ2v) is 9.67. The average molecular weight is 506 g/mol. The van der Waals surface area contributed by atoms with Crippen molar-refractivity contribution < 1.29 is 9.47 Å². The molecule has 1 N–H and O–H groups in total. The van der Waals surface area contributed by atoms with Crippen molar-refractivity contribution in [2.45, 2.75) is 77.4 Å². The van der Waals surface area contributed by atoms with Crippen molar-refractivity contribution in [2.75, 3.05) is 39.3 Å². The van der Waals surface area contributed by atoms with Gasteiger partial charge in [-0.3, -0.25) is 9.89 Å². The van der Waals surface area contributed by atoms with Crippen molar-refractivity contribution in [3.8, 4) is 0 Å². The summed E-state index contributed by atoms with van der Waals surface area (Å²) in [6.07, 6.45) is 4.10. The molecule has 7 heteroatoms. The number of hydrogen-bond donors (Lipinski definition) is 1. The summed E-state index contributed by atoms with van der Waals surface area (Å²) < 4.78 is 12.1. The smallest absolute Gasteiger partial charge is 0.194 e. The zero-order valence-electron chi connectivity index (χ0n) is 18.2. The Morgan fingerprint density at radius 3 is 2.11 bits per heavy atom. The van der Waals surface area contributed by atoms with Crippen LogP contribution in [0, 0.1) is 11.8 Å². The van der Waals surface area contributed by atoms with E-state index in [1.54, 1.807) is 0 Å². The quantitative estimate of drug-likeness (QED) is 0.361. The maximum Gasteiger partial charge on any atom is 0.194 e. The van der Waals surface area contributed by atoms with Crippen LogP contribution >= 0.6 is 24.0 Å². The van der Waals surface area contributed by atoms with Crippen LogP contribution in [0.4, 0.5) is 0 Å². The molecule has 162 valence electrons. The molecule has 0 aromatic rings. The molecule has 4 fully saturated rings. The van der Waals surface area contributed by atoms with E-state index in [4.69, 9.17) is 14.5 Å². The first-order valence-electron chi connectivity index (χ1n) is 11.0. The summed E-state index contributed by atoms with van der Waals surface area (Å²) in [5.41, 5.74) is 0.0324. The van der Waals surface area contributed by atoms with Gasteiger partial charge in [-0.2, -0.15) is 0 Å². The first-order valence-corrected chi connectivity index (χ1v) is 11.0. The van der Waals surface area contributed by atoms with E-state index >= 15 is 0 Å². The predicted octanol–water partition coefficient (Wildman–Crippen LogP) is 2.57. The molecule has 0 amide bonds. The Kier molecular flexibility index (Phi) is 7.20. The summed E-state index contributed by atoms with van der Waals surface area (Å²) >= 11 is 0. The third kappa shape index (κ3) is 4.47. The summed E-state index contributed by atoms with van der Waals surface area (Å²) in [6.45, 7) is 17.0. The molecule has 2 bridgehead atoms. The average Bonchev–Trinajstić information content (AvgIpc) is 3.30. The fraction of sp³-hybridized carbons (Fsp3) is 0.952. The van der Waals surface area contributed by atoms with Gasteiger partial charge in [0.15, 0.2) is 5.96 Å². The van der Waals surface area contributed by atoms with E-state index in [-0.39, 0.29) is 29.5 Å². The molecule has 4 rings (SSSR count). The number of nitrogens with zero attached hydrogens (tertiary/aromatic N) is 3. The van der Waals surface area contributed by atoms with E-state index in [0.29, 0.717) is 36.3 Å². The van der Waals surface area contributed by atoms with Crippen LogP contribution in [0.1, 0.15) is 47.5 Å². The maximum atomic E-state index is 6.14. The predicted molar refractivity (Wildman–Crippen MR) is 124 cm³/mol. The molecule has 4 aliphatic heterocycles. The molecule has 0 saturated carbocycles. The van der Waals surface area contributed by atoms with E-state index in [1.807, 2.05) is 0 Å². The third-order valence-corrected chi connectivity index (χ3v) is 6.98. The number of fused-ring (bicyclic) bond motifs is 5. The molecule has 0 spiro atoms. The Balaban J connectivity index is 0.00000225. The maximum absolute atomic E-state index is 6.14. The molecular formula is C21H39IN4O2. The van der Waals surface area contributed by atoms with Crippen molar-refractivity contribution in [2.24, 2.45) is 16.8 Å². The number of likely N-dealkylation sites (tertiary alicyclic amines) is 1. The molecule has 4 heterocycles. The number of halogens is 1. The minimum atomic E-state index is 0. The Bertz CT molecular complexity index is 545. The van der Waals surface area contributed by atoms with Crippen LogP contribution in [0.25, 0.3) is 0 Å². The van der Waals surface area contributed by atoms with Gasteiger partial charge in [-0.1, -0.05) is 0 Å². The van der Waals surface area contributed by atoms with E-state index in [1.165, 1.54) is 12.8 Å². The van der Waals surface area contributed by atoms with Crippen LogP contribution in [0.5, 0.6) is 0 Å². The number of aliphatic imine (C=N–C) groups is 1. The minimum absolute atomic E-state index is 0. The van der Waals surface area contributed by atoms with Crippen LogP contribution in [-0.4, -0.2) is 85.0 Å². The summed E-state index contributed by atoms with van der Waals surface area (Å²) in [5, 5.41) is 3.55. The molecule has 0 aromatic heterocycles. The molecule has 28 heavy (non-hydrogen) atoms. The fourth-order valence-corrected chi connectivity index (χ4v) is 5.60. The zero-order chi connectivity index (χ0) is 19.2. The van der Waals surface area contributed by atoms with Gasteiger partial charge < -0.3 is 19.7 Å². The highest BCUT2D eigenvalue weighted by Crippen LogP contribution is 2.47. The third-order valence-electron chi connectivity index (χ3n) is 6.98. The van der Waals surface area contributed by atoms with Crippen LogP contribution in [0.3, 0.4) is 0 Å². The monoisotopic (exact) mass is 506 g/mol. The highest BCUT2D eigenvalue weighted by molar-refractivity contribution is 14.0. The Morgan fingerprint density at radius 1 is 1.00 bits per heavy atom. The van der Waals surface area contributed by atoms with Gasteiger partial charge in [-0.05, 0) is 47.5 Å². The lowest BCUT2D eigenvalue weighted by atomic mass is 9.82. The van der Waals surface area contributed by atoms with Gasteiger partial charge in [0, 0.05) is 50.1 Å². The van der Waals surface area contributed by atoms with Gasteiger partial charge in [0.1, 0.15) is 0 Å². The molecule has 6 unspecified atom stereocenters. The van der Waals surface area contributed by atoms with Crippen molar-refractivity contribution >= 4 is 29.9 Å². The lowest BCUT2D eigenvalue weighted by Gasteiger charge is -2.44. The Labute approximate surface area is 187 Å². The SMILES string of the molecule is CCNC(=NCC(C)(C)N1CC(C)OC(C)C1)N1CC2C3CCC(O3)C2C1.I. The molecule has 0 aliphatic carbocycles. The topological polar surface area (TPSA) is 49.3 Å². The molecule has 0 radical (unpaired) electrons. The lowest BCUT2D eigenvalue weighted by Crippen LogP contribution is -2.56. The van der Waals surface area contributed by atoms with Crippen LogP contribution in [0.2, 0.25) is 0 Å². The number of guanidine groups is 1. The molecule has 6 atom stereocenters. The first kappa shape index (κ1) is 22.6. The number of hydrogen-bond acceptors (Lipinski definition) is 4. The molecular weight excluding hydrogens is 467 g/mol.